The fraction of sp³-hybridized carbons (Fsp3) is 1.00. The first-order valence-corrected chi connectivity index (χ1v) is 7.25. The van der Waals surface area contributed by atoms with Gasteiger partial charge in [-0.15, -0.1) is 0 Å². The summed E-state index contributed by atoms with van der Waals surface area (Å²) in [5, 5.41) is 9.85. The molecule has 0 saturated heterocycles. The zero-order chi connectivity index (χ0) is 12.0. The summed E-state index contributed by atoms with van der Waals surface area (Å²) in [7, 11) is 0. The summed E-state index contributed by atoms with van der Waals surface area (Å²) in [6.07, 6.45) is 10.4. The van der Waals surface area contributed by atoms with Crippen LogP contribution in [0.25, 0.3) is 0 Å². The Morgan fingerprint density at radius 1 is 1.12 bits per heavy atom. The summed E-state index contributed by atoms with van der Waals surface area (Å²) >= 11 is 0. The van der Waals surface area contributed by atoms with Gasteiger partial charge in [-0.1, -0.05) is 52.9 Å². The second-order valence-corrected chi connectivity index (χ2v) is 6.20. The third-order valence-electron chi connectivity index (χ3n) is 4.42. The standard InChI is InChI=1S/C15H30O/c1-4-8-14(11-13(2)3)15(12-16)9-6-5-7-10-15/h13-14,16H,4-12H2,1-3H3. The van der Waals surface area contributed by atoms with Crippen LogP contribution >= 0.6 is 0 Å². The highest BCUT2D eigenvalue weighted by molar-refractivity contribution is 4.89. The summed E-state index contributed by atoms with van der Waals surface area (Å²) in [6, 6.07) is 0. The van der Waals surface area contributed by atoms with E-state index >= 15 is 0 Å². The maximum Gasteiger partial charge on any atom is 0.0490 e. The van der Waals surface area contributed by atoms with E-state index in [9.17, 15) is 5.11 Å². The van der Waals surface area contributed by atoms with Gasteiger partial charge in [0.05, 0.1) is 0 Å². The van der Waals surface area contributed by atoms with E-state index in [1.54, 1.807) is 0 Å². The second kappa shape index (κ2) is 6.64. The molecule has 1 N–H and O–H groups in total. The first-order chi connectivity index (χ1) is 7.64. The number of aliphatic hydroxyl groups excluding tert-OH is 1. The van der Waals surface area contributed by atoms with Crippen LogP contribution < -0.4 is 0 Å². The largest absolute Gasteiger partial charge is 0.396 e. The predicted octanol–water partition coefficient (Wildman–Crippen LogP) is 4.39. The summed E-state index contributed by atoms with van der Waals surface area (Å²) in [5.41, 5.74) is 0.276. The molecule has 0 heterocycles. The Balaban J connectivity index is 2.70. The van der Waals surface area contributed by atoms with Gasteiger partial charge >= 0.3 is 0 Å². The van der Waals surface area contributed by atoms with Gasteiger partial charge in [-0.3, -0.25) is 0 Å². The van der Waals surface area contributed by atoms with Gasteiger partial charge < -0.3 is 5.11 Å². The summed E-state index contributed by atoms with van der Waals surface area (Å²) in [6.45, 7) is 7.33. The normalized spacial score (nSPS) is 22.3. The predicted molar refractivity (Wildman–Crippen MR) is 70.5 cm³/mol. The lowest BCUT2D eigenvalue weighted by Crippen LogP contribution is -2.37. The number of hydrogen-bond donors (Lipinski definition) is 1. The minimum Gasteiger partial charge on any atom is -0.396 e. The topological polar surface area (TPSA) is 20.2 Å². The van der Waals surface area contributed by atoms with E-state index in [1.165, 1.54) is 51.4 Å². The van der Waals surface area contributed by atoms with Crippen molar-refractivity contribution in [2.75, 3.05) is 6.61 Å². The molecular weight excluding hydrogens is 196 g/mol. The minimum absolute atomic E-state index is 0.276. The Labute approximate surface area is 102 Å². The molecule has 1 atom stereocenters. The molecule has 1 nitrogen and oxygen atoms in total. The van der Waals surface area contributed by atoms with E-state index in [0.717, 1.165) is 11.8 Å². The maximum atomic E-state index is 9.85. The lowest BCUT2D eigenvalue weighted by atomic mass is 9.63. The van der Waals surface area contributed by atoms with Crippen LogP contribution in [0.3, 0.4) is 0 Å². The lowest BCUT2D eigenvalue weighted by Gasteiger charge is -2.43. The molecule has 0 spiro atoms. The monoisotopic (exact) mass is 226 g/mol. The van der Waals surface area contributed by atoms with Crippen LogP contribution in [0.1, 0.15) is 72.1 Å². The summed E-state index contributed by atoms with van der Waals surface area (Å²) in [5.74, 6) is 1.52. The molecule has 0 bridgehead atoms. The smallest absolute Gasteiger partial charge is 0.0490 e. The van der Waals surface area contributed by atoms with Gasteiger partial charge in [0.25, 0.3) is 0 Å². The Morgan fingerprint density at radius 2 is 1.75 bits per heavy atom. The van der Waals surface area contributed by atoms with Crippen LogP contribution in [-0.4, -0.2) is 11.7 Å². The molecule has 0 aliphatic heterocycles. The molecule has 1 fully saturated rings. The third-order valence-corrected chi connectivity index (χ3v) is 4.42. The van der Waals surface area contributed by atoms with Crippen molar-refractivity contribution in [2.24, 2.45) is 17.3 Å². The fourth-order valence-corrected chi connectivity index (χ4v) is 3.54. The second-order valence-electron chi connectivity index (χ2n) is 6.20. The number of rotatable bonds is 6. The Kier molecular flexibility index (Phi) is 5.82. The molecule has 0 amide bonds. The Hall–Kier alpha value is -0.0400. The minimum atomic E-state index is 0.276. The molecule has 0 aromatic carbocycles. The van der Waals surface area contributed by atoms with Gasteiger partial charge in [0.1, 0.15) is 0 Å². The first kappa shape index (κ1) is 14.0. The van der Waals surface area contributed by atoms with Crippen molar-refractivity contribution >= 4 is 0 Å². The van der Waals surface area contributed by atoms with Crippen molar-refractivity contribution < 1.29 is 5.11 Å². The highest BCUT2D eigenvalue weighted by Crippen LogP contribution is 2.46. The van der Waals surface area contributed by atoms with E-state index in [0.29, 0.717) is 6.61 Å². The van der Waals surface area contributed by atoms with E-state index in [4.69, 9.17) is 0 Å². The Bertz CT molecular complexity index is 180. The van der Waals surface area contributed by atoms with Gasteiger partial charge in [0.15, 0.2) is 0 Å². The van der Waals surface area contributed by atoms with Gasteiger partial charge in [-0.25, -0.2) is 0 Å². The van der Waals surface area contributed by atoms with Crippen molar-refractivity contribution in [3.05, 3.63) is 0 Å². The summed E-state index contributed by atoms with van der Waals surface area (Å²) in [4.78, 5) is 0. The van der Waals surface area contributed by atoms with Crippen molar-refractivity contribution in [1.29, 1.82) is 0 Å². The van der Waals surface area contributed by atoms with Crippen LogP contribution in [0, 0.1) is 17.3 Å². The molecule has 0 radical (unpaired) electrons. The van der Waals surface area contributed by atoms with Gasteiger partial charge in [-0.05, 0) is 36.5 Å². The molecule has 1 saturated carbocycles. The molecule has 1 aliphatic rings. The SMILES string of the molecule is CCCC(CC(C)C)C1(CO)CCCCC1. The zero-order valence-electron chi connectivity index (χ0n) is 11.5. The van der Waals surface area contributed by atoms with Gasteiger partial charge in [0, 0.05) is 6.61 Å². The molecule has 96 valence electrons. The lowest BCUT2D eigenvalue weighted by molar-refractivity contribution is 0.00946. The molecule has 1 rings (SSSR count). The highest BCUT2D eigenvalue weighted by Gasteiger charge is 2.38. The molecule has 1 aliphatic carbocycles. The van der Waals surface area contributed by atoms with Crippen molar-refractivity contribution in [2.45, 2.75) is 72.1 Å². The van der Waals surface area contributed by atoms with Gasteiger partial charge in [-0.2, -0.15) is 0 Å². The van der Waals surface area contributed by atoms with Crippen molar-refractivity contribution in [3.8, 4) is 0 Å². The molecular formula is C15H30O. The fourth-order valence-electron chi connectivity index (χ4n) is 3.54. The van der Waals surface area contributed by atoms with E-state index in [1.807, 2.05) is 0 Å². The number of hydrogen-bond acceptors (Lipinski definition) is 1. The molecule has 16 heavy (non-hydrogen) atoms. The van der Waals surface area contributed by atoms with E-state index in [2.05, 4.69) is 20.8 Å². The van der Waals surface area contributed by atoms with Crippen molar-refractivity contribution in [1.82, 2.24) is 0 Å². The molecule has 1 unspecified atom stereocenters. The van der Waals surface area contributed by atoms with Crippen LogP contribution in [0.15, 0.2) is 0 Å². The van der Waals surface area contributed by atoms with Crippen molar-refractivity contribution in [3.63, 3.8) is 0 Å². The van der Waals surface area contributed by atoms with E-state index in [-0.39, 0.29) is 5.41 Å². The average Bonchev–Trinajstić information content (AvgIpc) is 2.29. The molecule has 1 heteroatoms. The molecule has 0 aromatic heterocycles. The maximum absolute atomic E-state index is 9.85. The van der Waals surface area contributed by atoms with Crippen LogP contribution in [0.2, 0.25) is 0 Å². The average molecular weight is 226 g/mol. The van der Waals surface area contributed by atoms with E-state index < -0.39 is 0 Å². The molecule has 0 aromatic rings. The Morgan fingerprint density at radius 3 is 2.19 bits per heavy atom. The zero-order valence-corrected chi connectivity index (χ0v) is 11.5. The van der Waals surface area contributed by atoms with Crippen LogP contribution in [0.4, 0.5) is 0 Å². The third kappa shape index (κ3) is 3.48. The highest BCUT2D eigenvalue weighted by atomic mass is 16.3. The number of aliphatic hydroxyl groups is 1. The summed E-state index contributed by atoms with van der Waals surface area (Å²) < 4.78 is 0. The first-order valence-electron chi connectivity index (χ1n) is 7.25. The van der Waals surface area contributed by atoms with Crippen LogP contribution in [-0.2, 0) is 0 Å². The quantitative estimate of drug-likeness (QED) is 0.712. The van der Waals surface area contributed by atoms with Gasteiger partial charge in [0.2, 0.25) is 0 Å². The van der Waals surface area contributed by atoms with Crippen LogP contribution in [0.5, 0.6) is 0 Å².